The second kappa shape index (κ2) is 7.29. The molecule has 3 aliphatic rings. The molecule has 0 aliphatic carbocycles. The van der Waals surface area contributed by atoms with Crippen molar-refractivity contribution >= 4 is 11.9 Å². The van der Waals surface area contributed by atoms with Crippen molar-refractivity contribution < 1.29 is 14.3 Å². The van der Waals surface area contributed by atoms with E-state index in [0.29, 0.717) is 18.3 Å². The number of nitrogens with zero attached hydrogens (tertiary/aromatic N) is 1. The van der Waals surface area contributed by atoms with Crippen LogP contribution in [0, 0.1) is 11.8 Å². The minimum absolute atomic E-state index is 0.223. The van der Waals surface area contributed by atoms with Crippen LogP contribution in [-0.2, 0) is 4.79 Å². The lowest BCUT2D eigenvalue weighted by Crippen LogP contribution is -2.45. The van der Waals surface area contributed by atoms with E-state index in [1.165, 1.54) is 0 Å². The Labute approximate surface area is 144 Å². The van der Waals surface area contributed by atoms with Crippen molar-refractivity contribution in [2.75, 3.05) is 26.8 Å². The number of Topliss-reactive ketones (excluding diaryl/α,β-unsaturated/α-hetero) is 1. The molecule has 1 unspecified atom stereocenters. The first-order valence-corrected chi connectivity index (χ1v) is 8.94. The SMILES string of the molecule is CCC(C)COc1cc(C=C2C(=O)C3CCN2CC3)ccc1OC. The van der Waals surface area contributed by atoms with Gasteiger partial charge in [-0.2, -0.15) is 0 Å². The second-order valence-electron chi connectivity index (χ2n) is 6.89. The van der Waals surface area contributed by atoms with E-state index in [-0.39, 0.29) is 5.92 Å². The minimum atomic E-state index is 0.223. The Kier molecular flexibility index (Phi) is 5.12. The molecule has 0 N–H and O–H groups in total. The van der Waals surface area contributed by atoms with E-state index in [2.05, 4.69) is 18.7 Å². The molecule has 1 aromatic carbocycles. The Morgan fingerprint density at radius 2 is 2.04 bits per heavy atom. The molecule has 3 saturated heterocycles. The Balaban J connectivity index is 1.83. The molecule has 24 heavy (non-hydrogen) atoms. The van der Waals surface area contributed by atoms with Crippen LogP contribution in [0.25, 0.3) is 6.08 Å². The molecular formula is C20H27NO3. The normalized spacial score (nSPS) is 20.5. The van der Waals surface area contributed by atoms with Gasteiger partial charge in [-0.3, -0.25) is 4.79 Å². The summed E-state index contributed by atoms with van der Waals surface area (Å²) in [6.45, 7) is 6.98. The van der Waals surface area contributed by atoms with Crippen LogP contribution < -0.4 is 9.47 Å². The monoisotopic (exact) mass is 329 g/mol. The van der Waals surface area contributed by atoms with Crippen LogP contribution >= 0.6 is 0 Å². The Hall–Kier alpha value is -1.97. The molecule has 1 atom stereocenters. The number of fused-ring (bicyclic) bond motifs is 3. The summed E-state index contributed by atoms with van der Waals surface area (Å²) in [4.78, 5) is 14.7. The lowest BCUT2D eigenvalue weighted by molar-refractivity contribution is -0.125. The second-order valence-corrected chi connectivity index (χ2v) is 6.89. The van der Waals surface area contributed by atoms with E-state index in [0.717, 1.165) is 55.1 Å². The largest absolute Gasteiger partial charge is 0.493 e. The van der Waals surface area contributed by atoms with E-state index in [9.17, 15) is 4.79 Å². The Bertz CT molecular complexity index is 630. The van der Waals surface area contributed by atoms with Gasteiger partial charge in [-0.15, -0.1) is 0 Å². The maximum Gasteiger partial charge on any atom is 0.182 e. The van der Waals surface area contributed by atoms with Crippen LogP contribution in [0.4, 0.5) is 0 Å². The van der Waals surface area contributed by atoms with Crippen molar-refractivity contribution in [1.82, 2.24) is 4.90 Å². The van der Waals surface area contributed by atoms with E-state index >= 15 is 0 Å². The van der Waals surface area contributed by atoms with E-state index in [4.69, 9.17) is 9.47 Å². The lowest BCUT2D eigenvalue weighted by atomic mass is 9.84. The highest BCUT2D eigenvalue weighted by molar-refractivity contribution is 6.01. The van der Waals surface area contributed by atoms with Crippen molar-refractivity contribution in [1.29, 1.82) is 0 Å². The van der Waals surface area contributed by atoms with Gasteiger partial charge in [-0.05, 0) is 42.5 Å². The van der Waals surface area contributed by atoms with E-state index in [1.54, 1.807) is 7.11 Å². The smallest absolute Gasteiger partial charge is 0.182 e. The summed E-state index contributed by atoms with van der Waals surface area (Å²) < 4.78 is 11.4. The van der Waals surface area contributed by atoms with Gasteiger partial charge < -0.3 is 14.4 Å². The molecular weight excluding hydrogens is 302 g/mol. The van der Waals surface area contributed by atoms with Crippen molar-refractivity contribution in [2.45, 2.75) is 33.1 Å². The number of rotatable bonds is 6. The molecule has 0 saturated carbocycles. The molecule has 0 radical (unpaired) electrons. The minimum Gasteiger partial charge on any atom is -0.493 e. The quantitative estimate of drug-likeness (QED) is 0.745. The standard InChI is InChI=1S/C20H27NO3/c1-4-14(2)13-24-19-12-15(5-6-18(19)23-3)11-17-20(22)16-7-9-21(17)10-8-16/h5-6,11-12,14,16H,4,7-10,13H2,1-3H3. The highest BCUT2D eigenvalue weighted by Crippen LogP contribution is 2.34. The first-order valence-electron chi connectivity index (χ1n) is 8.94. The number of ether oxygens (including phenoxy) is 2. The molecule has 4 heteroatoms. The van der Waals surface area contributed by atoms with E-state index in [1.807, 2.05) is 24.3 Å². The number of hydrogen-bond donors (Lipinski definition) is 0. The van der Waals surface area contributed by atoms with Gasteiger partial charge in [0.1, 0.15) is 0 Å². The summed E-state index contributed by atoms with van der Waals surface area (Å²) in [5, 5.41) is 0. The zero-order chi connectivity index (χ0) is 17.1. The number of piperidine rings is 3. The van der Waals surface area contributed by atoms with Gasteiger partial charge in [0, 0.05) is 19.0 Å². The van der Waals surface area contributed by atoms with E-state index < -0.39 is 0 Å². The van der Waals surface area contributed by atoms with Crippen molar-refractivity contribution in [3.63, 3.8) is 0 Å². The first-order chi connectivity index (χ1) is 11.6. The van der Waals surface area contributed by atoms with Crippen molar-refractivity contribution in [3.8, 4) is 11.5 Å². The molecule has 1 aromatic rings. The predicted molar refractivity (Wildman–Crippen MR) is 95.2 cm³/mol. The predicted octanol–water partition coefficient (Wildman–Crippen LogP) is 3.76. The molecule has 130 valence electrons. The van der Waals surface area contributed by atoms with Gasteiger partial charge in [0.25, 0.3) is 0 Å². The number of benzene rings is 1. The Morgan fingerprint density at radius 3 is 2.67 bits per heavy atom. The number of hydrogen-bond acceptors (Lipinski definition) is 4. The molecule has 2 bridgehead atoms. The fourth-order valence-electron chi connectivity index (χ4n) is 3.31. The fourth-order valence-corrected chi connectivity index (χ4v) is 3.31. The summed E-state index contributed by atoms with van der Waals surface area (Å²) in [6, 6.07) is 5.88. The zero-order valence-corrected chi connectivity index (χ0v) is 14.9. The lowest BCUT2D eigenvalue weighted by Gasteiger charge is -2.41. The Morgan fingerprint density at radius 1 is 1.29 bits per heavy atom. The molecule has 4 rings (SSSR count). The number of allylic oxidation sites excluding steroid dienone is 1. The zero-order valence-electron chi connectivity index (χ0n) is 14.9. The summed E-state index contributed by atoms with van der Waals surface area (Å²) in [5.41, 5.74) is 1.85. The van der Waals surface area contributed by atoms with Crippen LogP contribution in [0.15, 0.2) is 23.9 Å². The summed E-state index contributed by atoms with van der Waals surface area (Å²) >= 11 is 0. The van der Waals surface area contributed by atoms with Gasteiger partial charge in [-0.1, -0.05) is 26.3 Å². The third-order valence-corrected chi connectivity index (χ3v) is 5.17. The maximum absolute atomic E-state index is 12.5. The summed E-state index contributed by atoms with van der Waals surface area (Å²) in [5.74, 6) is 2.50. The van der Waals surface area contributed by atoms with Crippen LogP contribution in [0.3, 0.4) is 0 Å². The molecule has 3 fully saturated rings. The van der Waals surface area contributed by atoms with Crippen LogP contribution in [-0.4, -0.2) is 37.5 Å². The average molecular weight is 329 g/mol. The molecule has 0 amide bonds. The average Bonchev–Trinajstić information content (AvgIpc) is 2.63. The number of carbonyl (C=O) groups is 1. The van der Waals surface area contributed by atoms with Gasteiger partial charge >= 0.3 is 0 Å². The van der Waals surface area contributed by atoms with Gasteiger partial charge in [0.2, 0.25) is 0 Å². The van der Waals surface area contributed by atoms with Crippen LogP contribution in [0.1, 0.15) is 38.7 Å². The van der Waals surface area contributed by atoms with Crippen molar-refractivity contribution in [3.05, 3.63) is 29.5 Å². The number of carbonyl (C=O) groups excluding carboxylic acids is 1. The molecule has 3 heterocycles. The summed E-state index contributed by atoms with van der Waals surface area (Å²) in [6.07, 6.45) is 5.09. The highest BCUT2D eigenvalue weighted by atomic mass is 16.5. The molecule has 3 aliphatic heterocycles. The number of ketones is 1. The van der Waals surface area contributed by atoms with Gasteiger partial charge in [0.15, 0.2) is 17.3 Å². The van der Waals surface area contributed by atoms with Crippen LogP contribution in [0.5, 0.6) is 11.5 Å². The highest BCUT2D eigenvalue weighted by Gasteiger charge is 2.36. The first kappa shape index (κ1) is 16.9. The molecule has 0 spiro atoms. The summed E-state index contributed by atoms with van der Waals surface area (Å²) in [7, 11) is 1.65. The maximum atomic E-state index is 12.5. The third-order valence-electron chi connectivity index (χ3n) is 5.17. The number of methoxy groups -OCH3 is 1. The molecule has 4 nitrogen and oxygen atoms in total. The van der Waals surface area contributed by atoms with Crippen LogP contribution in [0.2, 0.25) is 0 Å². The van der Waals surface area contributed by atoms with Gasteiger partial charge in [0.05, 0.1) is 19.4 Å². The van der Waals surface area contributed by atoms with Crippen molar-refractivity contribution in [2.24, 2.45) is 11.8 Å². The molecule has 0 aromatic heterocycles. The topological polar surface area (TPSA) is 38.8 Å². The third kappa shape index (κ3) is 3.42. The fraction of sp³-hybridized carbons (Fsp3) is 0.550. The van der Waals surface area contributed by atoms with Gasteiger partial charge in [-0.25, -0.2) is 0 Å².